The van der Waals surface area contributed by atoms with E-state index in [0.717, 1.165) is 24.3 Å². The Kier molecular flexibility index (Phi) is 6.50. The summed E-state index contributed by atoms with van der Waals surface area (Å²) >= 11 is 11.6. The van der Waals surface area contributed by atoms with E-state index in [9.17, 15) is 18.4 Å². The number of carbonyl (C=O) groups excluding carboxylic acids is 2. The lowest BCUT2D eigenvalue weighted by molar-refractivity contribution is -0.142. The Labute approximate surface area is 152 Å². The van der Waals surface area contributed by atoms with E-state index >= 15 is 0 Å². The summed E-state index contributed by atoms with van der Waals surface area (Å²) in [7, 11) is 0. The number of esters is 1. The monoisotopic (exact) mass is 385 g/mol. The number of carbonyl (C=O) groups is 2. The second-order valence-corrected chi connectivity index (χ2v) is 5.57. The van der Waals surface area contributed by atoms with Crippen molar-refractivity contribution in [3.8, 4) is 0 Å². The molecular weight excluding hydrogens is 375 g/mol. The lowest BCUT2D eigenvalue weighted by Crippen LogP contribution is -2.21. The highest BCUT2D eigenvalue weighted by Gasteiger charge is 2.12. The summed E-state index contributed by atoms with van der Waals surface area (Å²) in [5.74, 6) is -3.55. The molecular formula is C17H11Cl2F2NO3. The average Bonchev–Trinajstić information content (AvgIpc) is 2.57. The van der Waals surface area contributed by atoms with E-state index in [0.29, 0.717) is 15.6 Å². The number of halogens is 4. The molecule has 1 N–H and O–H groups in total. The number of rotatable bonds is 5. The molecule has 130 valence electrons. The van der Waals surface area contributed by atoms with Gasteiger partial charge in [-0.15, -0.1) is 0 Å². The van der Waals surface area contributed by atoms with E-state index in [1.165, 1.54) is 6.08 Å². The zero-order valence-electron chi connectivity index (χ0n) is 12.6. The fraction of sp³-hybridized carbons (Fsp3) is 0.0588. The van der Waals surface area contributed by atoms with Crippen molar-refractivity contribution in [3.63, 3.8) is 0 Å². The Hall–Kier alpha value is -2.44. The molecule has 25 heavy (non-hydrogen) atoms. The largest absolute Gasteiger partial charge is 0.452 e. The van der Waals surface area contributed by atoms with Gasteiger partial charge >= 0.3 is 5.97 Å². The molecule has 0 unspecified atom stereocenters. The Morgan fingerprint density at radius 1 is 1.08 bits per heavy atom. The minimum Gasteiger partial charge on any atom is -0.452 e. The van der Waals surface area contributed by atoms with Crippen LogP contribution in [-0.2, 0) is 14.3 Å². The number of ether oxygens (including phenoxy) is 1. The first kappa shape index (κ1) is 18.9. The summed E-state index contributed by atoms with van der Waals surface area (Å²) in [6.45, 7) is -0.696. The van der Waals surface area contributed by atoms with Gasteiger partial charge in [-0.05, 0) is 35.9 Å². The molecule has 0 fully saturated rings. The van der Waals surface area contributed by atoms with Crippen LogP contribution in [0.3, 0.4) is 0 Å². The number of para-hydroxylation sites is 1. The average molecular weight is 386 g/mol. The molecule has 0 aliphatic rings. The van der Waals surface area contributed by atoms with Gasteiger partial charge in [0.1, 0.15) is 17.3 Å². The normalized spacial score (nSPS) is 10.7. The van der Waals surface area contributed by atoms with E-state index in [4.69, 9.17) is 23.2 Å². The van der Waals surface area contributed by atoms with E-state index in [1.807, 2.05) is 5.32 Å². The first-order valence-corrected chi connectivity index (χ1v) is 7.66. The second kappa shape index (κ2) is 8.60. The summed E-state index contributed by atoms with van der Waals surface area (Å²) in [6.07, 6.45) is 2.50. The Bertz CT molecular complexity index is 820. The lowest BCUT2D eigenvalue weighted by Gasteiger charge is -2.07. The van der Waals surface area contributed by atoms with Crippen molar-refractivity contribution in [3.05, 3.63) is 69.7 Å². The minimum absolute atomic E-state index is 0.323. The van der Waals surface area contributed by atoms with Crippen LogP contribution in [0.15, 0.2) is 42.5 Å². The van der Waals surface area contributed by atoms with Crippen molar-refractivity contribution < 1.29 is 23.1 Å². The summed E-state index contributed by atoms with van der Waals surface area (Å²) in [5, 5.41) is 2.70. The smallest absolute Gasteiger partial charge is 0.331 e. The molecule has 2 aromatic rings. The molecule has 2 aromatic carbocycles. The van der Waals surface area contributed by atoms with E-state index < -0.39 is 35.8 Å². The molecule has 0 heterocycles. The van der Waals surface area contributed by atoms with Crippen LogP contribution >= 0.6 is 23.2 Å². The predicted molar refractivity (Wildman–Crippen MR) is 91.4 cm³/mol. The second-order valence-electron chi connectivity index (χ2n) is 4.76. The van der Waals surface area contributed by atoms with E-state index in [1.54, 1.807) is 18.2 Å². The standard InChI is InChI=1S/C17H11Cl2F2NO3/c18-11-6-4-10(8-12(11)19)5-7-16(24)25-9-15(23)22-17-13(20)2-1-3-14(17)21/h1-8H,9H2,(H,22,23)/b7-5+. The summed E-state index contributed by atoms with van der Waals surface area (Å²) in [6, 6.07) is 7.88. The van der Waals surface area contributed by atoms with Crippen LogP contribution in [0.1, 0.15) is 5.56 Å². The molecule has 0 aromatic heterocycles. The number of anilines is 1. The van der Waals surface area contributed by atoms with Crippen molar-refractivity contribution in [2.24, 2.45) is 0 Å². The van der Waals surface area contributed by atoms with E-state index in [2.05, 4.69) is 4.74 Å². The topological polar surface area (TPSA) is 55.4 Å². The molecule has 0 bridgehead atoms. The third kappa shape index (κ3) is 5.55. The number of benzene rings is 2. The van der Waals surface area contributed by atoms with Crippen LogP contribution < -0.4 is 5.32 Å². The quantitative estimate of drug-likeness (QED) is 0.610. The Balaban J connectivity index is 1.88. The maximum absolute atomic E-state index is 13.4. The van der Waals surface area contributed by atoms with Gasteiger partial charge < -0.3 is 10.1 Å². The zero-order chi connectivity index (χ0) is 18.4. The van der Waals surface area contributed by atoms with Gasteiger partial charge in [-0.2, -0.15) is 0 Å². The van der Waals surface area contributed by atoms with Gasteiger partial charge in [0.15, 0.2) is 6.61 Å². The molecule has 8 heteroatoms. The van der Waals surface area contributed by atoms with Gasteiger partial charge in [-0.25, -0.2) is 13.6 Å². The first-order chi connectivity index (χ1) is 11.9. The fourth-order valence-corrected chi connectivity index (χ4v) is 2.06. The summed E-state index contributed by atoms with van der Waals surface area (Å²) in [4.78, 5) is 23.2. The van der Waals surface area contributed by atoms with Gasteiger partial charge in [0.2, 0.25) is 0 Å². The fourth-order valence-electron chi connectivity index (χ4n) is 1.76. The van der Waals surface area contributed by atoms with Crippen molar-refractivity contribution in [1.29, 1.82) is 0 Å². The van der Waals surface area contributed by atoms with Crippen molar-refractivity contribution in [2.45, 2.75) is 0 Å². The van der Waals surface area contributed by atoms with Crippen LogP contribution in [0, 0.1) is 11.6 Å². The first-order valence-electron chi connectivity index (χ1n) is 6.90. The minimum atomic E-state index is -0.931. The molecule has 0 saturated heterocycles. The molecule has 0 radical (unpaired) electrons. The van der Waals surface area contributed by atoms with Gasteiger partial charge in [-0.3, -0.25) is 4.79 Å². The third-order valence-electron chi connectivity index (χ3n) is 2.93. The molecule has 0 saturated carbocycles. The maximum Gasteiger partial charge on any atom is 0.331 e. The van der Waals surface area contributed by atoms with Crippen LogP contribution in [0.25, 0.3) is 6.08 Å². The predicted octanol–water partition coefficient (Wildman–Crippen LogP) is 4.47. The highest BCUT2D eigenvalue weighted by Crippen LogP contribution is 2.23. The Morgan fingerprint density at radius 3 is 2.40 bits per heavy atom. The summed E-state index contributed by atoms with van der Waals surface area (Å²) in [5.41, 5.74) is -0.000809. The lowest BCUT2D eigenvalue weighted by atomic mass is 10.2. The Morgan fingerprint density at radius 2 is 1.76 bits per heavy atom. The maximum atomic E-state index is 13.4. The molecule has 0 aliphatic heterocycles. The SMILES string of the molecule is O=C(COC(=O)/C=C/c1ccc(Cl)c(Cl)c1)Nc1c(F)cccc1F. The number of nitrogens with one attached hydrogen (secondary N) is 1. The number of hydrogen-bond donors (Lipinski definition) is 1. The number of hydrogen-bond acceptors (Lipinski definition) is 3. The van der Waals surface area contributed by atoms with Crippen LogP contribution in [0.4, 0.5) is 14.5 Å². The third-order valence-corrected chi connectivity index (χ3v) is 3.67. The molecule has 1 amide bonds. The van der Waals surface area contributed by atoms with E-state index in [-0.39, 0.29) is 0 Å². The van der Waals surface area contributed by atoms with Gasteiger partial charge in [0.05, 0.1) is 10.0 Å². The molecule has 4 nitrogen and oxygen atoms in total. The van der Waals surface area contributed by atoms with Gasteiger partial charge in [0.25, 0.3) is 5.91 Å². The summed E-state index contributed by atoms with van der Waals surface area (Å²) < 4.78 is 31.5. The van der Waals surface area contributed by atoms with Crippen molar-refractivity contribution in [1.82, 2.24) is 0 Å². The molecule has 2 rings (SSSR count). The molecule has 0 atom stereocenters. The molecule has 0 aliphatic carbocycles. The van der Waals surface area contributed by atoms with Gasteiger partial charge in [-0.1, -0.05) is 35.3 Å². The zero-order valence-corrected chi connectivity index (χ0v) is 14.1. The van der Waals surface area contributed by atoms with Crippen molar-refractivity contribution in [2.75, 3.05) is 11.9 Å². The highest BCUT2D eigenvalue weighted by atomic mass is 35.5. The van der Waals surface area contributed by atoms with Crippen LogP contribution in [0.5, 0.6) is 0 Å². The van der Waals surface area contributed by atoms with Gasteiger partial charge in [0, 0.05) is 6.08 Å². The van der Waals surface area contributed by atoms with Crippen LogP contribution in [0.2, 0.25) is 10.0 Å². The van der Waals surface area contributed by atoms with Crippen LogP contribution in [-0.4, -0.2) is 18.5 Å². The number of amides is 1. The highest BCUT2D eigenvalue weighted by molar-refractivity contribution is 6.42. The van der Waals surface area contributed by atoms with Crippen molar-refractivity contribution >= 4 is 46.8 Å². The molecule has 0 spiro atoms.